The normalized spacial score (nSPS) is 11.6. The summed E-state index contributed by atoms with van der Waals surface area (Å²) in [5.41, 5.74) is 1.80. The van der Waals surface area contributed by atoms with E-state index in [0.29, 0.717) is 11.4 Å². The number of hydrogen-bond acceptors (Lipinski definition) is 4. The number of amides is 1. The molecule has 24 heavy (non-hydrogen) atoms. The van der Waals surface area contributed by atoms with Crippen LogP contribution in [0.25, 0.3) is 0 Å². The second-order valence-corrected chi connectivity index (χ2v) is 6.57. The molecule has 0 fully saturated rings. The van der Waals surface area contributed by atoms with Crippen molar-refractivity contribution >= 4 is 29.3 Å². The quantitative estimate of drug-likeness (QED) is 0.609. The molecule has 5 heteroatoms. The summed E-state index contributed by atoms with van der Waals surface area (Å²) in [6.45, 7) is 3.55. The Balaban J connectivity index is 1.72. The Morgan fingerprint density at radius 3 is 2.42 bits per heavy atom. The van der Waals surface area contributed by atoms with Gasteiger partial charge in [-0.05, 0) is 38.1 Å². The van der Waals surface area contributed by atoms with Crippen LogP contribution in [0.2, 0.25) is 0 Å². The number of rotatable bonds is 7. The maximum Gasteiger partial charge on any atom is 0.307 e. The summed E-state index contributed by atoms with van der Waals surface area (Å²) in [4.78, 5) is 25.0. The van der Waals surface area contributed by atoms with Crippen molar-refractivity contribution < 1.29 is 14.3 Å². The molecule has 0 unspecified atom stereocenters. The predicted octanol–water partition coefficient (Wildman–Crippen LogP) is 4.05. The van der Waals surface area contributed by atoms with Gasteiger partial charge in [-0.3, -0.25) is 9.59 Å². The van der Waals surface area contributed by atoms with Gasteiger partial charge in [0, 0.05) is 16.3 Å². The molecule has 0 heterocycles. The molecule has 0 aliphatic rings. The molecule has 1 atom stereocenters. The van der Waals surface area contributed by atoms with Crippen LogP contribution in [0.15, 0.2) is 59.5 Å². The van der Waals surface area contributed by atoms with Crippen molar-refractivity contribution in [2.45, 2.75) is 31.3 Å². The van der Waals surface area contributed by atoms with E-state index in [4.69, 9.17) is 4.74 Å². The molecule has 126 valence electrons. The van der Waals surface area contributed by atoms with Crippen LogP contribution in [0.3, 0.4) is 0 Å². The van der Waals surface area contributed by atoms with Gasteiger partial charge in [-0.2, -0.15) is 0 Å². The zero-order valence-corrected chi connectivity index (χ0v) is 14.6. The summed E-state index contributed by atoms with van der Waals surface area (Å²) in [6, 6.07) is 17.3. The number of benzene rings is 2. The number of carbonyl (C=O) groups excluding carboxylic acids is 2. The number of carbonyl (C=O) groups is 2. The molecule has 4 nitrogen and oxygen atoms in total. The van der Waals surface area contributed by atoms with Crippen molar-refractivity contribution in [3.8, 4) is 0 Å². The lowest BCUT2D eigenvalue weighted by Crippen LogP contribution is -2.30. The molecule has 0 radical (unpaired) electrons. The number of thioether (sulfide) groups is 1. The average Bonchev–Trinajstić information content (AvgIpc) is 2.58. The van der Waals surface area contributed by atoms with Crippen molar-refractivity contribution in [2.75, 3.05) is 11.1 Å². The molecular formula is C19H21NO3S. The molecular weight excluding hydrogens is 322 g/mol. The minimum Gasteiger partial charge on any atom is -0.453 e. The van der Waals surface area contributed by atoms with E-state index in [-0.39, 0.29) is 18.3 Å². The molecule has 0 spiro atoms. The van der Waals surface area contributed by atoms with Crippen molar-refractivity contribution in [2.24, 2.45) is 0 Å². The third-order valence-electron chi connectivity index (χ3n) is 3.31. The van der Waals surface area contributed by atoms with E-state index in [1.807, 2.05) is 61.5 Å². The number of hydrogen-bond donors (Lipinski definition) is 1. The number of esters is 1. The van der Waals surface area contributed by atoms with Crippen molar-refractivity contribution in [1.29, 1.82) is 0 Å². The summed E-state index contributed by atoms with van der Waals surface area (Å²) in [6.07, 6.45) is -0.553. The molecule has 0 aromatic heterocycles. The topological polar surface area (TPSA) is 55.4 Å². The lowest BCUT2D eigenvalue weighted by Gasteiger charge is -2.13. The van der Waals surface area contributed by atoms with E-state index in [0.717, 1.165) is 10.5 Å². The summed E-state index contributed by atoms with van der Waals surface area (Å²) in [5, 5.41) is 2.73. The number of aryl methyl sites for hydroxylation is 1. The fraction of sp³-hybridized carbons (Fsp3) is 0.263. The van der Waals surface area contributed by atoms with Gasteiger partial charge in [0.05, 0.1) is 6.42 Å². The minimum atomic E-state index is -0.819. The maximum absolute atomic E-state index is 12.0. The van der Waals surface area contributed by atoms with Crippen LogP contribution >= 0.6 is 11.8 Å². The van der Waals surface area contributed by atoms with Crippen LogP contribution in [0, 0.1) is 6.92 Å². The summed E-state index contributed by atoms with van der Waals surface area (Å²) in [7, 11) is 0. The monoisotopic (exact) mass is 343 g/mol. The first kappa shape index (κ1) is 18.1. The molecule has 0 aliphatic carbocycles. The van der Waals surface area contributed by atoms with Crippen LogP contribution in [-0.2, 0) is 14.3 Å². The molecule has 1 N–H and O–H groups in total. The molecule has 2 aromatic carbocycles. The van der Waals surface area contributed by atoms with E-state index in [2.05, 4.69) is 5.32 Å². The molecule has 0 bridgehead atoms. The second kappa shape index (κ2) is 9.13. The molecule has 2 aromatic rings. The number of anilines is 1. The Bertz CT molecular complexity index is 671. The van der Waals surface area contributed by atoms with Gasteiger partial charge in [0.2, 0.25) is 0 Å². The van der Waals surface area contributed by atoms with E-state index in [1.54, 1.807) is 18.7 Å². The standard InChI is InChI=1S/C19H21NO3S/c1-14-8-10-16(11-9-14)20-19(22)15(2)23-18(21)12-13-24-17-6-4-3-5-7-17/h3-11,15H,12-13H2,1-2H3,(H,20,22)/t15-/m0/s1. The molecule has 0 aliphatic heterocycles. The van der Waals surface area contributed by atoms with Gasteiger partial charge < -0.3 is 10.1 Å². The first-order valence-corrected chi connectivity index (χ1v) is 8.78. The summed E-state index contributed by atoms with van der Waals surface area (Å²) < 4.78 is 5.18. The van der Waals surface area contributed by atoms with Gasteiger partial charge in [0.25, 0.3) is 5.91 Å². The first-order chi connectivity index (χ1) is 11.5. The van der Waals surface area contributed by atoms with Crippen LogP contribution in [0.1, 0.15) is 18.9 Å². The third-order valence-corrected chi connectivity index (χ3v) is 4.33. The zero-order valence-electron chi connectivity index (χ0n) is 13.8. The highest BCUT2D eigenvalue weighted by Crippen LogP contribution is 2.18. The Hall–Kier alpha value is -2.27. The van der Waals surface area contributed by atoms with Crippen molar-refractivity contribution in [3.63, 3.8) is 0 Å². The SMILES string of the molecule is Cc1ccc(NC(=O)[C@H](C)OC(=O)CCSc2ccccc2)cc1. The largest absolute Gasteiger partial charge is 0.453 e. The molecule has 0 saturated heterocycles. The van der Waals surface area contributed by atoms with Crippen LogP contribution < -0.4 is 5.32 Å². The Morgan fingerprint density at radius 1 is 1.08 bits per heavy atom. The lowest BCUT2D eigenvalue weighted by molar-refractivity contribution is -0.152. The highest BCUT2D eigenvalue weighted by atomic mass is 32.2. The third kappa shape index (κ3) is 6.08. The Kier molecular flexibility index (Phi) is 6.88. The van der Waals surface area contributed by atoms with Crippen molar-refractivity contribution in [3.05, 3.63) is 60.2 Å². The fourth-order valence-corrected chi connectivity index (χ4v) is 2.81. The van der Waals surface area contributed by atoms with Gasteiger partial charge in [-0.1, -0.05) is 35.9 Å². The van der Waals surface area contributed by atoms with E-state index < -0.39 is 6.10 Å². The van der Waals surface area contributed by atoms with Crippen LogP contribution in [0.5, 0.6) is 0 Å². The number of ether oxygens (including phenoxy) is 1. The van der Waals surface area contributed by atoms with Gasteiger partial charge in [0.1, 0.15) is 0 Å². The van der Waals surface area contributed by atoms with Crippen molar-refractivity contribution in [1.82, 2.24) is 0 Å². The highest BCUT2D eigenvalue weighted by Gasteiger charge is 2.17. The van der Waals surface area contributed by atoms with Gasteiger partial charge in [-0.25, -0.2) is 0 Å². The second-order valence-electron chi connectivity index (χ2n) is 5.40. The molecule has 0 saturated carbocycles. The zero-order chi connectivity index (χ0) is 17.4. The van der Waals surface area contributed by atoms with E-state index in [1.165, 1.54) is 0 Å². The number of nitrogens with one attached hydrogen (secondary N) is 1. The Morgan fingerprint density at radius 2 is 1.75 bits per heavy atom. The molecule has 1 amide bonds. The first-order valence-electron chi connectivity index (χ1n) is 7.79. The summed E-state index contributed by atoms with van der Waals surface area (Å²) in [5.74, 6) is -0.0808. The van der Waals surface area contributed by atoms with Gasteiger partial charge in [0.15, 0.2) is 6.10 Å². The van der Waals surface area contributed by atoms with Crippen LogP contribution in [-0.4, -0.2) is 23.7 Å². The lowest BCUT2D eigenvalue weighted by atomic mass is 10.2. The van der Waals surface area contributed by atoms with Gasteiger partial charge >= 0.3 is 5.97 Å². The maximum atomic E-state index is 12.0. The smallest absolute Gasteiger partial charge is 0.307 e. The highest BCUT2D eigenvalue weighted by molar-refractivity contribution is 7.99. The van der Waals surface area contributed by atoms with E-state index >= 15 is 0 Å². The molecule has 2 rings (SSSR count). The van der Waals surface area contributed by atoms with Crippen LogP contribution in [0.4, 0.5) is 5.69 Å². The predicted molar refractivity (Wildman–Crippen MR) is 97.1 cm³/mol. The Labute approximate surface area is 146 Å². The summed E-state index contributed by atoms with van der Waals surface area (Å²) >= 11 is 1.59. The average molecular weight is 343 g/mol. The minimum absolute atomic E-state index is 0.266. The fourth-order valence-electron chi connectivity index (χ4n) is 1.96. The van der Waals surface area contributed by atoms with Gasteiger partial charge in [-0.15, -0.1) is 11.8 Å². The van der Waals surface area contributed by atoms with E-state index in [9.17, 15) is 9.59 Å².